The molecule has 2 aromatic carbocycles. The Balaban J connectivity index is 2.12. The number of benzene rings is 2. The topological polar surface area (TPSA) is 23.4 Å². The first kappa shape index (κ1) is 12.6. The Morgan fingerprint density at radius 3 is 2.25 bits per heavy atom. The maximum Gasteiger partial charge on any atom is 0.143 e. The fourth-order valence-corrected chi connectivity index (χ4v) is 2.52. The highest BCUT2D eigenvalue weighted by molar-refractivity contribution is 5.91. The summed E-state index contributed by atoms with van der Waals surface area (Å²) in [5, 5.41) is 1.07. The van der Waals surface area contributed by atoms with Gasteiger partial charge in [0.15, 0.2) is 0 Å². The van der Waals surface area contributed by atoms with Crippen LogP contribution in [-0.2, 0) is 6.54 Å². The first-order chi connectivity index (χ1) is 9.83. The SMILES string of the molecule is COc1ccc(OC)c2c1ccn2Cc1ccccc1. The number of hydrogen-bond acceptors (Lipinski definition) is 2. The molecule has 0 spiro atoms. The zero-order chi connectivity index (χ0) is 13.9. The molecule has 0 saturated heterocycles. The van der Waals surface area contributed by atoms with E-state index in [1.807, 2.05) is 18.2 Å². The smallest absolute Gasteiger partial charge is 0.143 e. The summed E-state index contributed by atoms with van der Waals surface area (Å²) in [5.41, 5.74) is 2.32. The van der Waals surface area contributed by atoms with Crippen molar-refractivity contribution in [3.63, 3.8) is 0 Å². The van der Waals surface area contributed by atoms with Crippen LogP contribution in [0.5, 0.6) is 11.5 Å². The molecule has 0 fully saturated rings. The van der Waals surface area contributed by atoms with E-state index in [0.717, 1.165) is 28.9 Å². The third-order valence-electron chi connectivity index (χ3n) is 3.48. The second-order valence-electron chi connectivity index (χ2n) is 4.66. The minimum atomic E-state index is 0.813. The number of nitrogens with zero attached hydrogens (tertiary/aromatic N) is 1. The van der Waals surface area contributed by atoms with Crippen molar-refractivity contribution < 1.29 is 9.47 Å². The molecular formula is C17H17NO2. The third kappa shape index (κ3) is 2.11. The molecule has 1 aromatic heterocycles. The van der Waals surface area contributed by atoms with Crippen molar-refractivity contribution in [3.8, 4) is 11.5 Å². The van der Waals surface area contributed by atoms with Crippen molar-refractivity contribution in [3.05, 3.63) is 60.3 Å². The summed E-state index contributed by atoms with van der Waals surface area (Å²) in [6.45, 7) is 0.813. The fraction of sp³-hybridized carbons (Fsp3) is 0.176. The molecule has 3 aromatic rings. The van der Waals surface area contributed by atoms with E-state index in [1.165, 1.54) is 5.56 Å². The van der Waals surface area contributed by atoms with Gasteiger partial charge in [-0.3, -0.25) is 0 Å². The van der Waals surface area contributed by atoms with Gasteiger partial charge in [0.25, 0.3) is 0 Å². The summed E-state index contributed by atoms with van der Waals surface area (Å²) in [7, 11) is 3.39. The molecule has 0 radical (unpaired) electrons. The van der Waals surface area contributed by atoms with E-state index in [-0.39, 0.29) is 0 Å². The van der Waals surface area contributed by atoms with Crippen LogP contribution >= 0.6 is 0 Å². The summed E-state index contributed by atoms with van der Waals surface area (Å²) in [5.74, 6) is 1.73. The lowest BCUT2D eigenvalue weighted by molar-refractivity contribution is 0.409. The van der Waals surface area contributed by atoms with Gasteiger partial charge in [0.05, 0.1) is 19.7 Å². The first-order valence-corrected chi connectivity index (χ1v) is 6.57. The predicted octanol–water partition coefficient (Wildman–Crippen LogP) is 3.71. The molecule has 20 heavy (non-hydrogen) atoms. The van der Waals surface area contributed by atoms with Gasteiger partial charge in [-0.15, -0.1) is 0 Å². The van der Waals surface area contributed by atoms with Crippen molar-refractivity contribution in [2.75, 3.05) is 14.2 Å². The summed E-state index contributed by atoms with van der Waals surface area (Å²) >= 11 is 0. The van der Waals surface area contributed by atoms with Crippen LogP contribution in [0.15, 0.2) is 54.7 Å². The molecule has 0 bridgehead atoms. The molecule has 0 aliphatic rings. The average Bonchev–Trinajstić information content (AvgIpc) is 2.91. The molecule has 102 valence electrons. The highest BCUT2D eigenvalue weighted by Gasteiger charge is 2.11. The van der Waals surface area contributed by atoms with E-state index in [2.05, 4.69) is 41.1 Å². The molecule has 0 N–H and O–H groups in total. The van der Waals surface area contributed by atoms with Crippen LogP contribution in [0.4, 0.5) is 0 Å². The van der Waals surface area contributed by atoms with Crippen LogP contribution in [0, 0.1) is 0 Å². The van der Waals surface area contributed by atoms with Gasteiger partial charge >= 0.3 is 0 Å². The minimum Gasteiger partial charge on any atom is -0.496 e. The third-order valence-corrected chi connectivity index (χ3v) is 3.48. The monoisotopic (exact) mass is 267 g/mol. The van der Waals surface area contributed by atoms with Crippen LogP contribution in [-0.4, -0.2) is 18.8 Å². The second-order valence-corrected chi connectivity index (χ2v) is 4.66. The van der Waals surface area contributed by atoms with Gasteiger partial charge in [-0.2, -0.15) is 0 Å². The molecule has 3 rings (SSSR count). The van der Waals surface area contributed by atoms with Crippen molar-refractivity contribution in [1.29, 1.82) is 0 Å². The van der Waals surface area contributed by atoms with E-state index < -0.39 is 0 Å². The molecule has 0 saturated carbocycles. The van der Waals surface area contributed by atoms with Gasteiger partial charge in [0, 0.05) is 18.1 Å². The lowest BCUT2D eigenvalue weighted by Gasteiger charge is -2.11. The van der Waals surface area contributed by atoms with Crippen LogP contribution in [0.2, 0.25) is 0 Å². The quantitative estimate of drug-likeness (QED) is 0.719. The molecule has 3 nitrogen and oxygen atoms in total. The summed E-state index contributed by atoms with van der Waals surface area (Å²) < 4.78 is 13.1. The van der Waals surface area contributed by atoms with E-state index in [4.69, 9.17) is 9.47 Å². The van der Waals surface area contributed by atoms with Gasteiger partial charge in [0.2, 0.25) is 0 Å². The van der Waals surface area contributed by atoms with E-state index in [1.54, 1.807) is 14.2 Å². The Morgan fingerprint density at radius 1 is 0.850 bits per heavy atom. The van der Waals surface area contributed by atoms with Crippen LogP contribution in [0.3, 0.4) is 0 Å². The number of fused-ring (bicyclic) bond motifs is 1. The maximum absolute atomic E-state index is 5.49. The van der Waals surface area contributed by atoms with Gasteiger partial charge in [-0.05, 0) is 23.8 Å². The van der Waals surface area contributed by atoms with Crippen LogP contribution in [0.1, 0.15) is 5.56 Å². The molecule has 1 heterocycles. The summed E-state index contributed by atoms with van der Waals surface area (Å²) in [6.07, 6.45) is 2.07. The molecule has 0 aliphatic heterocycles. The summed E-state index contributed by atoms with van der Waals surface area (Å²) in [6, 6.07) is 16.3. The van der Waals surface area contributed by atoms with Crippen molar-refractivity contribution >= 4 is 10.9 Å². The van der Waals surface area contributed by atoms with Gasteiger partial charge in [-0.25, -0.2) is 0 Å². The lowest BCUT2D eigenvalue weighted by atomic mass is 10.2. The van der Waals surface area contributed by atoms with Crippen LogP contribution < -0.4 is 9.47 Å². The Labute approximate surface area is 118 Å². The number of rotatable bonds is 4. The number of aromatic nitrogens is 1. The van der Waals surface area contributed by atoms with Gasteiger partial charge in [0.1, 0.15) is 11.5 Å². The molecular weight excluding hydrogens is 250 g/mol. The highest BCUT2D eigenvalue weighted by Crippen LogP contribution is 2.34. The minimum absolute atomic E-state index is 0.813. The largest absolute Gasteiger partial charge is 0.496 e. The Bertz CT molecular complexity index is 716. The number of hydrogen-bond donors (Lipinski definition) is 0. The first-order valence-electron chi connectivity index (χ1n) is 6.57. The molecule has 0 unspecified atom stereocenters. The standard InChI is InChI=1S/C17H17NO2/c1-19-15-8-9-16(20-2)17-14(15)10-11-18(17)12-13-6-4-3-5-7-13/h3-11H,12H2,1-2H3. The van der Waals surface area contributed by atoms with Crippen molar-refractivity contribution in [1.82, 2.24) is 4.57 Å². The number of ether oxygens (including phenoxy) is 2. The van der Waals surface area contributed by atoms with Gasteiger partial charge < -0.3 is 14.0 Å². The summed E-state index contributed by atoms with van der Waals surface area (Å²) in [4.78, 5) is 0. The zero-order valence-corrected chi connectivity index (χ0v) is 11.7. The van der Waals surface area contributed by atoms with E-state index >= 15 is 0 Å². The van der Waals surface area contributed by atoms with E-state index in [0.29, 0.717) is 0 Å². The molecule has 0 aliphatic carbocycles. The van der Waals surface area contributed by atoms with Crippen molar-refractivity contribution in [2.24, 2.45) is 0 Å². The number of methoxy groups -OCH3 is 2. The Kier molecular flexibility index (Phi) is 3.33. The predicted molar refractivity (Wildman–Crippen MR) is 80.6 cm³/mol. The normalized spacial score (nSPS) is 10.7. The highest BCUT2D eigenvalue weighted by atomic mass is 16.5. The maximum atomic E-state index is 5.49. The molecule has 0 amide bonds. The zero-order valence-electron chi connectivity index (χ0n) is 11.7. The average molecular weight is 267 g/mol. The lowest BCUT2D eigenvalue weighted by Crippen LogP contribution is -1.99. The molecule has 3 heteroatoms. The van der Waals surface area contributed by atoms with Gasteiger partial charge in [-0.1, -0.05) is 30.3 Å². The van der Waals surface area contributed by atoms with Crippen LogP contribution in [0.25, 0.3) is 10.9 Å². The Morgan fingerprint density at radius 2 is 1.55 bits per heavy atom. The van der Waals surface area contributed by atoms with Crippen molar-refractivity contribution in [2.45, 2.75) is 6.54 Å². The second kappa shape index (κ2) is 5.29. The Hall–Kier alpha value is -2.42. The molecule has 0 atom stereocenters. The fourth-order valence-electron chi connectivity index (χ4n) is 2.52. The van der Waals surface area contributed by atoms with E-state index in [9.17, 15) is 0 Å².